The van der Waals surface area contributed by atoms with E-state index in [1.54, 1.807) is 19.1 Å². The zero-order valence-electron chi connectivity index (χ0n) is 16.8. The maximum absolute atomic E-state index is 13.4. The van der Waals surface area contributed by atoms with E-state index in [9.17, 15) is 9.18 Å². The third-order valence-electron chi connectivity index (χ3n) is 5.33. The van der Waals surface area contributed by atoms with Crippen LogP contribution in [0.4, 0.5) is 4.39 Å². The molecule has 156 valence electrons. The van der Waals surface area contributed by atoms with Crippen LogP contribution in [0, 0.1) is 12.7 Å². The maximum Gasteiger partial charge on any atom is 0.257 e. The smallest absolute Gasteiger partial charge is 0.257 e. The van der Waals surface area contributed by atoms with Crippen LogP contribution < -0.4 is 5.32 Å². The van der Waals surface area contributed by atoms with Crippen molar-refractivity contribution in [1.82, 2.24) is 15.4 Å². The number of hydrogen-bond acceptors (Lipinski definition) is 5. The molecule has 1 fully saturated rings. The zero-order valence-corrected chi connectivity index (χ0v) is 16.8. The van der Waals surface area contributed by atoms with Crippen molar-refractivity contribution < 1.29 is 18.4 Å². The van der Waals surface area contributed by atoms with Crippen molar-refractivity contribution in [2.24, 2.45) is 0 Å². The summed E-state index contributed by atoms with van der Waals surface area (Å²) in [5, 5.41) is 7.12. The van der Waals surface area contributed by atoms with Gasteiger partial charge < -0.3 is 14.6 Å². The fourth-order valence-corrected chi connectivity index (χ4v) is 3.74. The average Bonchev–Trinajstić information content (AvgIpc) is 3.18. The Morgan fingerprint density at radius 3 is 2.53 bits per heavy atom. The molecular weight excluding hydrogens is 385 g/mol. The molecule has 4 rings (SSSR count). The monoisotopic (exact) mass is 409 g/mol. The highest BCUT2D eigenvalue weighted by Crippen LogP contribution is 2.26. The second-order valence-corrected chi connectivity index (χ2v) is 7.25. The van der Waals surface area contributed by atoms with Crippen molar-refractivity contribution in [2.75, 3.05) is 32.8 Å². The largest absolute Gasteiger partial charge is 0.379 e. The number of aryl methyl sites for hydroxylation is 1. The first-order valence-electron chi connectivity index (χ1n) is 10.0. The first-order chi connectivity index (χ1) is 14.6. The van der Waals surface area contributed by atoms with E-state index < -0.39 is 0 Å². The Morgan fingerprint density at radius 2 is 1.83 bits per heavy atom. The highest BCUT2D eigenvalue weighted by Gasteiger charge is 2.26. The molecule has 30 heavy (non-hydrogen) atoms. The van der Waals surface area contributed by atoms with Crippen molar-refractivity contribution in [1.29, 1.82) is 0 Å². The van der Waals surface area contributed by atoms with Crippen molar-refractivity contribution in [3.05, 3.63) is 77.3 Å². The molecule has 0 radical (unpaired) electrons. The number of nitrogens with zero attached hydrogens (tertiary/aromatic N) is 2. The van der Waals surface area contributed by atoms with Gasteiger partial charge in [0.15, 0.2) is 0 Å². The normalized spacial score (nSPS) is 15.7. The molecule has 2 aromatic carbocycles. The molecule has 0 unspecified atom stereocenters. The van der Waals surface area contributed by atoms with Gasteiger partial charge in [0.1, 0.15) is 22.8 Å². The van der Waals surface area contributed by atoms with Gasteiger partial charge in [-0.05, 0) is 24.6 Å². The lowest BCUT2D eigenvalue weighted by atomic mass is 10.0. The number of carbonyl (C=O) groups is 1. The highest BCUT2D eigenvalue weighted by molar-refractivity contribution is 6.00. The molecule has 1 aliphatic heterocycles. The number of morpholine rings is 1. The fraction of sp³-hybridized carbons (Fsp3) is 0.304. The summed E-state index contributed by atoms with van der Waals surface area (Å²) in [5.74, 6) is -0.0554. The Labute approximate surface area is 174 Å². The number of amides is 1. The molecule has 0 spiro atoms. The van der Waals surface area contributed by atoms with Gasteiger partial charge in [-0.2, -0.15) is 0 Å². The van der Waals surface area contributed by atoms with Gasteiger partial charge >= 0.3 is 0 Å². The third kappa shape index (κ3) is 4.42. The molecule has 6 nitrogen and oxygen atoms in total. The molecule has 0 aliphatic carbocycles. The second kappa shape index (κ2) is 9.19. The Bertz CT molecular complexity index is 983. The number of benzene rings is 2. The summed E-state index contributed by atoms with van der Waals surface area (Å²) in [6, 6.07) is 15.8. The molecule has 0 bridgehead atoms. The Balaban J connectivity index is 1.55. The van der Waals surface area contributed by atoms with Gasteiger partial charge in [-0.3, -0.25) is 9.69 Å². The fourth-order valence-electron chi connectivity index (χ4n) is 3.74. The maximum atomic E-state index is 13.4. The van der Waals surface area contributed by atoms with E-state index in [1.807, 2.05) is 30.3 Å². The van der Waals surface area contributed by atoms with Crippen molar-refractivity contribution in [3.63, 3.8) is 0 Å². The van der Waals surface area contributed by atoms with Crippen LogP contribution >= 0.6 is 0 Å². The molecule has 1 aromatic heterocycles. The topological polar surface area (TPSA) is 67.6 Å². The minimum atomic E-state index is -0.281. The number of halogens is 1. The van der Waals surface area contributed by atoms with Crippen LogP contribution in [-0.4, -0.2) is 48.8 Å². The van der Waals surface area contributed by atoms with Gasteiger partial charge in [0, 0.05) is 25.2 Å². The van der Waals surface area contributed by atoms with Gasteiger partial charge in [-0.15, -0.1) is 0 Å². The van der Waals surface area contributed by atoms with E-state index in [0.29, 0.717) is 36.8 Å². The lowest BCUT2D eigenvalue weighted by Gasteiger charge is -2.35. The van der Waals surface area contributed by atoms with Gasteiger partial charge in [0.05, 0.1) is 19.3 Å². The summed E-state index contributed by atoms with van der Waals surface area (Å²) in [6.45, 7) is 4.87. The molecular formula is C23H24FN3O3. The van der Waals surface area contributed by atoms with E-state index in [4.69, 9.17) is 9.26 Å². The molecule has 2 heterocycles. The van der Waals surface area contributed by atoms with Gasteiger partial charge in [-0.25, -0.2) is 4.39 Å². The number of carbonyl (C=O) groups excluding carboxylic acids is 1. The van der Waals surface area contributed by atoms with E-state index in [2.05, 4.69) is 15.4 Å². The summed E-state index contributed by atoms with van der Waals surface area (Å²) in [6.07, 6.45) is 0. The second-order valence-electron chi connectivity index (χ2n) is 7.25. The Hall–Kier alpha value is -3.03. The first-order valence-corrected chi connectivity index (χ1v) is 10.0. The molecule has 3 aromatic rings. The van der Waals surface area contributed by atoms with Crippen molar-refractivity contribution in [3.8, 4) is 11.3 Å². The van der Waals surface area contributed by atoms with Gasteiger partial charge in [-0.1, -0.05) is 47.6 Å². The molecule has 1 saturated heterocycles. The van der Waals surface area contributed by atoms with Crippen LogP contribution in [0.25, 0.3) is 11.3 Å². The van der Waals surface area contributed by atoms with E-state index in [1.165, 1.54) is 12.1 Å². The standard InChI is InChI=1S/C23H24FN3O3/c1-16-21(22(26-30-16)18-5-3-2-4-6-18)23(28)25-15-20(27-11-13-29-14-12-27)17-7-9-19(24)10-8-17/h2-10,20H,11-15H2,1H3,(H,25,28)/t20-/m0/s1. The quantitative estimate of drug-likeness (QED) is 0.674. The minimum Gasteiger partial charge on any atom is -0.379 e. The van der Waals surface area contributed by atoms with Crippen LogP contribution in [0.1, 0.15) is 27.7 Å². The first kappa shape index (κ1) is 20.3. The van der Waals surface area contributed by atoms with Gasteiger partial charge in [0.2, 0.25) is 0 Å². The summed E-state index contributed by atoms with van der Waals surface area (Å²) in [7, 11) is 0. The average molecular weight is 409 g/mol. The summed E-state index contributed by atoms with van der Waals surface area (Å²) >= 11 is 0. The lowest BCUT2D eigenvalue weighted by Crippen LogP contribution is -2.43. The highest BCUT2D eigenvalue weighted by atomic mass is 19.1. The summed E-state index contributed by atoms with van der Waals surface area (Å²) in [5.41, 5.74) is 2.73. The molecule has 0 saturated carbocycles. The zero-order chi connectivity index (χ0) is 20.9. The van der Waals surface area contributed by atoms with Crippen LogP contribution in [0.3, 0.4) is 0 Å². The van der Waals surface area contributed by atoms with Crippen LogP contribution in [0.15, 0.2) is 59.1 Å². The SMILES string of the molecule is Cc1onc(-c2ccccc2)c1C(=O)NC[C@@H](c1ccc(F)cc1)N1CCOCC1. The number of hydrogen-bond donors (Lipinski definition) is 1. The summed E-state index contributed by atoms with van der Waals surface area (Å²) in [4.78, 5) is 15.3. The molecule has 1 N–H and O–H groups in total. The van der Waals surface area contributed by atoms with Crippen molar-refractivity contribution in [2.45, 2.75) is 13.0 Å². The van der Waals surface area contributed by atoms with Crippen LogP contribution in [0.5, 0.6) is 0 Å². The lowest BCUT2D eigenvalue weighted by molar-refractivity contribution is 0.0162. The predicted molar refractivity (Wildman–Crippen MR) is 111 cm³/mol. The number of ether oxygens (including phenoxy) is 1. The number of nitrogens with one attached hydrogen (secondary N) is 1. The van der Waals surface area contributed by atoms with Crippen molar-refractivity contribution >= 4 is 5.91 Å². The molecule has 1 atom stereocenters. The number of rotatable bonds is 6. The van der Waals surface area contributed by atoms with E-state index >= 15 is 0 Å². The molecule has 7 heteroatoms. The number of aromatic nitrogens is 1. The Kier molecular flexibility index (Phi) is 6.21. The summed E-state index contributed by atoms with van der Waals surface area (Å²) < 4.78 is 24.2. The third-order valence-corrected chi connectivity index (χ3v) is 5.33. The van der Waals surface area contributed by atoms with Gasteiger partial charge in [0.25, 0.3) is 5.91 Å². The predicted octanol–water partition coefficient (Wildman–Crippen LogP) is 3.59. The van der Waals surface area contributed by atoms with E-state index in [-0.39, 0.29) is 17.8 Å². The minimum absolute atomic E-state index is 0.0845. The molecule has 1 amide bonds. The van der Waals surface area contributed by atoms with Crippen LogP contribution in [-0.2, 0) is 4.74 Å². The van der Waals surface area contributed by atoms with Crippen LogP contribution in [0.2, 0.25) is 0 Å². The van der Waals surface area contributed by atoms with E-state index in [0.717, 1.165) is 24.2 Å². The molecule has 1 aliphatic rings. The Morgan fingerprint density at radius 1 is 1.13 bits per heavy atom.